The highest BCUT2D eigenvalue weighted by Gasteiger charge is 2.24. The van der Waals surface area contributed by atoms with Crippen LogP contribution in [0.25, 0.3) is 11.5 Å². The van der Waals surface area contributed by atoms with Gasteiger partial charge in [-0.15, -0.1) is 10.2 Å². The molecule has 1 aromatic carbocycles. The Morgan fingerprint density at radius 3 is 3.10 bits per heavy atom. The van der Waals surface area contributed by atoms with Crippen LogP contribution in [-0.4, -0.2) is 19.7 Å². The van der Waals surface area contributed by atoms with Crippen LogP contribution in [-0.2, 0) is 6.54 Å². The molecule has 0 aliphatic heterocycles. The van der Waals surface area contributed by atoms with E-state index in [9.17, 15) is 0 Å². The minimum absolute atomic E-state index is 0.529. The lowest BCUT2D eigenvalue weighted by atomic mass is 10.2. The molecule has 2 aromatic heterocycles. The van der Waals surface area contributed by atoms with E-state index in [2.05, 4.69) is 25.1 Å². The van der Waals surface area contributed by atoms with Crippen LogP contribution in [0.1, 0.15) is 24.6 Å². The molecule has 4 rings (SSSR count). The zero-order valence-electron chi connectivity index (χ0n) is 11.4. The van der Waals surface area contributed by atoms with Crippen molar-refractivity contribution >= 4 is 5.69 Å². The predicted molar refractivity (Wildman–Crippen MR) is 77.6 cm³/mol. The van der Waals surface area contributed by atoms with Crippen molar-refractivity contribution in [2.45, 2.75) is 25.4 Å². The summed E-state index contributed by atoms with van der Waals surface area (Å²) in [5, 5.41) is 11.1. The van der Waals surface area contributed by atoms with Crippen LogP contribution in [0.3, 0.4) is 0 Å². The maximum atomic E-state index is 5.22. The molecule has 6 nitrogen and oxygen atoms in total. The Hall–Kier alpha value is -2.63. The fraction of sp³-hybridized carbons (Fsp3) is 0.267. The van der Waals surface area contributed by atoms with E-state index in [4.69, 9.17) is 4.42 Å². The number of hydrogen-bond donors (Lipinski definition) is 1. The van der Waals surface area contributed by atoms with Gasteiger partial charge in [0.25, 0.3) is 0 Å². The molecule has 1 saturated carbocycles. The number of aromatic nitrogens is 4. The van der Waals surface area contributed by atoms with Gasteiger partial charge < -0.3 is 14.3 Å². The highest BCUT2D eigenvalue weighted by molar-refractivity contribution is 5.60. The highest BCUT2D eigenvalue weighted by atomic mass is 16.4. The molecule has 106 valence electrons. The Bertz CT molecular complexity index is 730. The first-order chi connectivity index (χ1) is 10.4. The van der Waals surface area contributed by atoms with Gasteiger partial charge in [0.2, 0.25) is 12.3 Å². The molecule has 0 saturated heterocycles. The van der Waals surface area contributed by atoms with E-state index in [0.717, 1.165) is 17.8 Å². The quantitative estimate of drug-likeness (QED) is 0.778. The average Bonchev–Trinajstić information content (AvgIpc) is 3.04. The standard InChI is InChI=1S/C15H15N5O/c1-2-11(15-19-18-10-21-15)6-12(3-1)17-8-14-7-16-9-20(14)13-4-5-13/h1-3,6-7,9-10,13,17H,4-5,8H2. The third-order valence-corrected chi connectivity index (χ3v) is 3.63. The van der Waals surface area contributed by atoms with E-state index in [1.165, 1.54) is 24.9 Å². The summed E-state index contributed by atoms with van der Waals surface area (Å²) in [5.74, 6) is 0.529. The lowest BCUT2D eigenvalue weighted by Gasteiger charge is -2.09. The Morgan fingerprint density at radius 1 is 1.33 bits per heavy atom. The zero-order chi connectivity index (χ0) is 14.1. The van der Waals surface area contributed by atoms with Crippen LogP contribution < -0.4 is 5.32 Å². The third-order valence-electron chi connectivity index (χ3n) is 3.63. The molecule has 21 heavy (non-hydrogen) atoms. The first-order valence-corrected chi connectivity index (χ1v) is 7.01. The Kier molecular flexibility index (Phi) is 2.92. The molecule has 0 bridgehead atoms. The monoisotopic (exact) mass is 281 g/mol. The first-order valence-electron chi connectivity index (χ1n) is 7.01. The summed E-state index contributed by atoms with van der Waals surface area (Å²) in [7, 11) is 0. The molecule has 1 aliphatic rings. The molecule has 1 N–H and O–H groups in total. The van der Waals surface area contributed by atoms with E-state index in [1.807, 2.05) is 36.8 Å². The van der Waals surface area contributed by atoms with E-state index >= 15 is 0 Å². The summed E-state index contributed by atoms with van der Waals surface area (Å²) in [4.78, 5) is 4.24. The Labute approximate surface area is 121 Å². The number of imidazole rings is 1. The number of hydrogen-bond acceptors (Lipinski definition) is 5. The van der Waals surface area contributed by atoms with Crippen LogP contribution >= 0.6 is 0 Å². The summed E-state index contributed by atoms with van der Waals surface area (Å²) in [5.41, 5.74) is 3.14. The van der Waals surface area contributed by atoms with E-state index in [-0.39, 0.29) is 0 Å². The van der Waals surface area contributed by atoms with E-state index < -0.39 is 0 Å². The van der Waals surface area contributed by atoms with Crippen molar-refractivity contribution in [3.8, 4) is 11.5 Å². The van der Waals surface area contributed by atoms with Gasteiger partial charge in [0, 0.05) is 23.5 Å². The van der Waals surface area contributed by atoms with Gasteiger partial charge in [-0.25, -0.2) is 4.98 Å². The summed E-state index contributed by atoms with van der Waals surface area (Å²) in [6.45, 7) is 0.754. The lowest BCUT2D eigenvalue weighted by Crippen LogP contribution is -2.05. The third kappa shape index (κ3) is 2.52. The van der Waals surface area contributed by atoms with E-state index in [0.29, 0.717) is 11.9 Å². The smallest absolute Gasteiger partial charge is 0.247 e. The zero-order valence-corrected chi connectivity index (χ0v) is 11.4. The molecule has 0 unspecified atom stereocenters. The second kappa shape index (κ2) is 5.05. The van der Waals surface area contributed by atoms with Crippen molar-refractivity contribution in [3.63, 3.8) is 0 Å². The Morgan fingerprint density at radius 2 is 2.29 bits per heavy atom. The molecule has 0 atom stereocenters. The van der Waals surface area contributed by atoms with Crippen LogP contribution in [0.15, 0.2) is 47.6 Å². The van der Waals surface area contributed by atoms with Crippen molar-refractivity contribution in [2.24, 2.45) is 0 Å². The van der Waals surface area contributed by atoms with Crippen molar-refractivity contribution in [1.82, 2.24) is 19.7 Å². The summed E-state index contributed by atoms with van der Waals surface area (Å²) in [6, 6.07) is 8.60. The van der Waals surface area contributed by atoms with Gasteiger partial charge in [0.15, 0.2) is 0 Å². The largest absolute Gasteiger partial charge is 0.423 e. The Balaban J connectivity index is 1.49. The second-order valence-electron chi connectivity index (χ2n) is 5.20. The first kappa shape index (κ1) is 12.1. The number of benzene rings is 1. The fourth-order valence-electron chi connectivity index (χ4n) is 2.40. The molecule has 0 radical (unpaired) electrons. The van der Waals surface area contributed by atoms with Gasteiger partial charge in [-0.1, -0.05) is 6.07 Å². The minimum atomic E-state index is 0.529. The summed E-state index contributed by atoms with van der Waals surface area (Å²) in [6.07, 6.45) is 7.70. The number of anilines is 1. The van der Waals surface area contributed by atoms with Crippen LogP contribution in [0.5, 0.6) is 0 Å². The van der Waals surface area contributed by atoms with E-state index in [1.54, 1.807) is 0 Å². The summed E-state index contributed by atoms with van der Waals surface area (Å²) >= 11 is 0. The molecule has 0 spiro atoms. The molecule has 0 amide bonds. The minimum Gasteiger partial charge on any atom is -0.423 e. The van der Waals surface area contributed by atoms with Crippen molar-refractivity contribution in [3.05, 3.63) is 48.9 Å². The SMILES string of the molecule is c1cc(NCc2cncn2C2CC2)cc(-c2nnco2)c1. The van der Waals surface area contributed by atoms with Crippen LogP contribution in [0, 0.1) is 0 Å². The molecular formula is C15H15N5O. The molecule has 1 fully saturated rings. The van der Waals surface area contributed by atoms with Crippen molar-refractivity contribution in [1.29, 1.82) is 0 Å². The van der Waals surface area contributed by atoms with Crippen molar-refractivity contribution < 1.29 is 4.42 Å². The van der Waals surface area contributed by atoms with Crippen LogP contribution in [0.4, 0.5) is 5.69 Å². The second-order valence-corrected chi connectivity index (χ2v) is 5.20. The van der Waals surface area contributed by atoms with Gasteiger partial charge in [0.1, 0.15) is 0 Å². The number of nitrogens with zero attached hydrogens (tertiary/aromatic N) is 4. The van der Waals surface area contributed by atoms with Gasteiger partial charge in [-0.05, 0) is 31.0 Å². The molecule has 1 aliphatic carbocycles. The topological polar surface area (TPSA) is 68.8 Å². The van der Waals surface area contributed by atoms with Gasteiger partial charge >= 0.3 is 0 Å². The maximum absolute atomic E-state index is 5.22. The molecule has 6 heteroatoms. The number of nitrogens with one attached hydrogen (secondary N) is 1. The van der Waals surface area contributed by atoms with Gasteiger partial charge in [0.05, 0.1) is 18.6 Å². The number of rotatable bonds is 5. The van der Waals surface area contributed by atoms with Crippen LogP contribution in [0.2, 0.25) is 0 Å². The lowest BCUT2D eigenvalue weighted by molar-refractivity contribution is 0.568. The molecule has 2 heterocycles. The van der Waals surface area contributed by atoms with Gasteiger partial charge in [-0.3, -0.25) is 0 Å². The average molecular weight is 281 g/mol. The fourth-order valence-corrected chi connectivity index (χ4v) is 2.40. The predicted octanol–water partition coefficient (Wildman–Crippen LogP) is 2.88. The highest BCUT2D eigenvalue weighted by Crippen LogP contribution is 2.35. The van der Waals surface area contributed by atoms with Crippen molar-refractivity contribution in [2.75, 3.05) is 5.32 Å². The summed E-state index contributed by atoms with van der Waals surface area (Å²) < 4.78 is 7.48. The maximum Gasteiger partial charge on any atom is 0.247 e. The van der Waals surface area contributed by atoms with Gasteiger partial charge in [-0.2, -0.15) is 0 Å². The normalized spacial score (nSPS) is 14.3. The molecular weight excluding hydrogens is 266 g/mol. The molecule has 3 aromatic rings.